The molecule has 23 heavy (non-hydrogen) atoms. The van der Waals surface area contributed by atoms with E-state index in [0.29, 0.717) is 49.3 Å². The van der Waals surface area contributed by atoms with Crippen molar-refractivity contribution in [1.29, 1.82) is 0 Å². The SMILES string of the molecule is COc1cc(N)c(Cl)cc1-c1n[nH]c(-c2ccc(Cl)cc2Cl)n1. The van der Waals surface area contributed by atoms with Crippen LogP contribution in [0.15, 0.2) is 30.3 Å². The molecule has 0 fully saturated rings. The Kier molecular flexibility index (Phi) is 4.35. The Hall–Kier alpha value is -1.95. The van der Waals surface area contributed by atoms with Gasteiger partial charge in [-0.3, -0.25) is 5.10 Å². The molecular weight excluding hydrogens is 359 g/mol. The smallest absolute Gasteiger partial charge is 0.185 e. The predicted molar refractivity (Wildman–Crippen MR) is 93.2 cm³/mol. The number of ether oxygens (including phenoxy) is 1. The molecule has 1 heterocycles. The number of rotatable bonds is 3. The molecule has 0 atom stereocenters. The third-order valence-electron chi connectivity index (χ3n) is 3.23. The normalized spacial score (nSPS) is 10.8. The zero-order valence-electron chi connectivity index (χ0n) is 11.9. The first-order chi connectivity index (χ1) is 11.0. The Balaban J connectivity index is 2.07. The maximum absolute atomic E-state index is 6.19. The van der Waals surface area contributed by atoms with Crippen LogP contribution in [0.3, 0.4) is 0 Å². The quantitative estimate of drug-likeness (QED) is 0.657. The average Bonchev–Trinajstić information content (AvgIpc) is 2.99. The van der Waals surface area contributed by atoms with Gasteiger partial charge in [-0.2, -0.15) is 5.10 Å². The molecule has 0 bridgehead atoms. The highest BCUT2D eigenvalue weighted by atomic mass is 35.5. The summed E-state index contributed by atoms with van der Waals surface area (Å²) in [6.45, 7) is 0. The molecule has 8 heteroatoms. The number of aromatic nitrogens is 3. The number of nitrogens with one attached hydrogen (secondary N) is 1. The number of methoxy groups -OCH3 is 1. The van der Waals surface area contributed by atoms with Gasteiger partial charge in [-0.25, -0.2) is 4.98 Å². The van der Waals surface area contributed by atoms with E-state index in [0.717, 1.165) is 0 Å². The molecular formula is C15H11Cl3N4O. The van der Waals surface area contributed by atoms with Crippen LogP contribution in [-0.4, -0.2) is 22.3 Å². The van der Waals surface area contributed by atoms with Gasteiger partial charge in [0.25, 0.3) is 0 Å². The van der Waals surface area contributed by atoms with Crippen LogP contribution in [-0.2, 0) is 0 Å². The van der Waals surface area contributed by atoms with Crippen LogP contribution in [0, 0.1) is 0 Å². The van der Waals surface area contributed by atoms with Gasteiger partial charge in [-0.1, -0.05) is 34.8 Å². The second-order valence-corrected chi connectivity index (χ2v) is 5.96. The number of hydrogen-bond donors (Lipinski definition) is 2. The highest BCUT2D eigenvalue weighted by Crippen LogP contribution is 2.36. The van der Waals surface area contributed by atoms with Crippen molar-refractivity contribution in [2.45, 2.75) is 0 Å². The summed E-state index contributed by atoms with van der Waals surface area (Å²) in [7, 11) is 1.54. The molecule has 0 amide bonds. The van der Waals surface area contributed by atoms with Gasteiger partial charge >= 0.3 is 0 Å². The Bertz CT molecular complexity index is 879. The lowest BCUT2D eigenvalue weighted by atomic mass is 10.1. The van der Waals surface area contributed by atoms with E-state index in [2.05, 4.69) is 15.2 Å². The topological polar surface area (TPSA) is 76.8 Å². The summed E-state index contributed by atoms with van der Waals surface area (Å²) in [6.07, 6.45) is 0. The van der Waals surface area contributed by atoms with Gasteiger partial charge in [0, 0.05) is 16.7 Å². The van der Waals surface area contributed by atoms with Crippen LogP contribution in [0.2, 0.25) is 15.1 Å². The molecule has 2 aromatic carbocycles. The van der Waals surface area contributed by atoms with Crippen LogP contribution in [0.1, 0.15) is 0 Å². The van der Waals surface area contributed by atoms with Gasteiger partial charge in [-0.05, 0) is 24.3 Å². The zero-order valence-corrected chi connectivity index (χ0v) is 14.2. The number of nitrogens with two attached hydrogens (primary N) is 1. The number of halogens is 3. The number of nitrogen functional groups attached to an aromatic ring is 1. The summed E-state index contributed by atoms with van der Waals surface area (Å²) in [5, 5.41) is 8.47. The Morgan fingerprint density at radius 3 is 2.52 bits per heavy atom. The van der Waals surface area contributed by atoms with E-state index in [4.69, 9.17) is 45.3 Å². The summed E-state index contributed by atoms with van der Waals surface area (Å²) < 4.78 is 5.31. The van der Waals surface area contributed by atoms with E-state index >= 15 is 0 Å². The predicted octanol–water partition coefficient (Wildman–Crippen LogP) is 4.69. The van der Waals surface area contributed by atoms with Crippen molar-refractivity contribution in [1.82, 2.24) is 15.2 Å². The monoisotopic (exact) mass is 368 g/mol. The van der Waals surface area contributed by atoms with E-state index in [9.17, 15) is 0 Å². The lowest BCUT2D eigenvalue weighted by Gasteiger charge is -2.08. The Morgan fingerprint density at radius 2 is 1.83 bits per heavy atom. The van der Waals surface area contributed by atoms with Gasteiger partial charge in [0.1, 0.15) is 5.75 Å². The van der Waals surface area contributed by atoms with Gasteiger partial charge in [-0.15, -0.1) is 0 Å². The van der Waals surface area contributed by atoms with E-state index in [-0.39, 0.29) is 0 Å². The molecule has 0 aliphatic carbocycles. The number of H-pyrrole nitrogens is 1. The van der Waals surface area contributed by atoms with Crippen molar-refractivity contribution < 1.29 is 4.74 Å². The van der Waals surface area contributed by atoms with E-state index in [1.807, 2.05) is 0 Å². The average molecular weight is 370 g/mol. The van der Waals surface area contributed by atoms with Crippen LogP contribution >= 0.6 is 34.8 Å². The summed E-state index contributed by atoms with van der Waals surface area (Å²) in [5.41, 5.74) is 7.52. The van der Waals surface area contributed by atoms with Gasteiger partial charge in [0.05, 0.1) is 28.4 Å². The summed E-state index contributed by atoms with van der Waals surface area (Å²) in [4.78, 5) is 4.45. The van der Waals surface area contributed by atoms with Gasteiger partial charge in [0.15, 0.2) is 11.6 Å². The van der Waals surface area contributed by atoms with Gasteiger partial charge in [0.2, 0.25) is 0 Å². The second-order valence-electron chi connectivity index (χ2n) is 4.71. The highest BCUT2D eigenvalue weighted by Gasteiger charge is 2.16. The summed E-state index contributed by atoms with van der Waals surface area (Å²) in [6, 6.07) is 8.42. The lowest BCUT2D eigenvalue weighted by molar-refractivity contribution is 0.416. The number of hydrogen-bond acceptors (Lipinski definition) is 4. The van der Waals surface area contributed by atoms with E-state index < -0.39 is 0 Å². The third kappa shape index (κ3) is 3.08. The minimum absolute atomic E-state index is 0.400. The molecule has 3 aromatic rings. The molecule has 0 aliphatic rings. The van der Waals surface area contributed by atoms with Crippen molar-refractivity contribution in [3.8, 4) is 28.5 Å². The molecule has 3 N–H and O–H groups in total. The first-order valence-electron chi connectivity index (χ1n) is 6.51. The third-order valence-corrected chi connectivity index (χ3v) is 4.11. The van der Waals surface area contributed by atoms with Crippen LogP contribution < -0.4 is 10.5 Å². The number of nitrogens with zero attached hydrogens (tertiary/aromatic N) is 2. The van der Waals surface area contributed by atoms with Crippen molar-refractivity contribution in [2.75, 3.05) is 12.8 Å². The number of anilines is 1. The minimum Gasteiger partial charge on any atom is -0.496 e. The fourth-order valence-corrected chi connectivity index (χ4v) is 2.76. The molecule has 0 spiro atoms. The number of aromatic amines is 1. The molecule has 3 rings (SSSR count). The highest BCUT2D eigenvalue weighted by molar-refractivity contribution is 6.36. The maximum Gasteiger partial charge on any atom is 0.185 e. The molecule has 0 saturated carbocycles. The second kappa shape index (κ2) is 6.28. The van der Waals surface area contributed by atoms with Gasteiger partial charge < -0.3 is 10.5 Å². The van der Waals surface area contributed by atoms with Crippen molar-refractivity contribution in [3.05, 3.63) is 45.4 Å². The largest absolute Gasteiger partial charge is 0.496 e. The van der Waals surface area contributed by atoms with Crippen LogP contribution in [0.4, 0.5) is 5.69 Å². The first kappa shape index (κ1) is 15.9. The fourth-order valence-electron chi connectivity index (χ4n) is 2.10. The van der Waals surface area contributed by atoms with E-state index in [1.165, 1.54) is 7.11 Å². The molecule has 1 aromatic heterocycles. The molecule has 118 valence electrons. The molecule has 5 nitrogen and oxygen atoms in total. The van der Waals surface area contributed by atoms with Crippen molar-refractivity contribution in [3.63, 3.8) is 0 Å². The number of benzene rings is 2. The summed E-state index contributed by atoms with van der Waals surface area (Å²) in [5.74, 6) is 1.46. The summed E-state index contributed by atoms with van der Waals surface area (Å²) >= 11 is 18.2. The lowest BCUT2D eigenvalue weighted by Crippen LogP contribution is -1.94. The van der Waals surface area contributed by atoms with E-state index in [1.54, 1.807) is 30.3 Å². The Morgan fingerprint density at radius 1 is 1.04 bits per heavy atom. The van der Waals surface area contributed by atoms with Crippen LogP contribution in [0.25, 0.3) is 22.8 Å². The Labute approximate surface area is 147 Å². The van der Waals surface area contributed by atoms with Crippen molar-refractivity contribution >= 4 is 40.5 Å². The molecule has 0 saturated heterocycles. The first-order valence-corrected chi connectivity index (χ1v) is 7.64. The molecule has 0 aliphatic heterocycles. The molecule has 0 radical (unpaired) electrons. The maximum atomic E-state index is 6.19. The minimum atomic E-state index is 0.400. The fraction of sp³-hybridized carbons (Fsp3) is 0.0667. The zero-order chi connectivity index (χ0) is 16.6. The standard InChI is InChI=1S/C15H11Cl3N4O/c1-23-13-6-12(19)11(18)5-9(13)15-20-14(21-22-15)8-3-2-7(16)4-10(8)17/h2-6H,19H2,1H3,(H,20,21,22). The van der Waals surface area contributed by atoms with Crippen molar-refractivity contribution in [2.24, 2.45) is 0 Å². The van der Waals surface area contributed by atoms with Crippen LogP contribution in [0.5, 0.6) is 5.75 Å². The molecule has 0 unspecified atom stereocenters.